The van der Waals surface area contributed by atoms with Crippen molar-refractivity contribution in [2.24, 2.45) is 0 Å². The topological polar surface area (TPSA) is 77.5 Å². The van der Waals surface area contributed by atoms with Crippen molar-refractivity contribution in [2.45, 2.75) is 38.8 Å². The molecule has 0 saturated carbocycles. The summed E-state index contributed by atoms with van der Waals surface area (Å²) in [4.78, 5) is 27.6. The Kier molecular flexibility index (Phi) is 6.09. The molecular formula is C13H20N2O4S. The van der Waals surface area contributed by atoms with Gasteiger partial charge in [-0.1, -0.05) is 0 Å². The number of amides is 1. The lowest BCUT2D eigenvalue weighted by molar-refractivity contribution is 0.0464. The molecule has 0 radical (unpaired) electrons. The fraction of sp³-hybridized carbons (Fsp3) is 0.615. The average molecular weight is 300 g/mol. The Morgan fingerprint density at radius 2 is 2.15 bits per heavy atom. The van der Waals surface area contributed by atoms with Crippen LogP contribution in [0.4, 0.5) is 4.79 Å². The van der Waals surface area contributed by atoms with Crippen LogP contribution in [0.25, 0.3) is 0 Å². The van der Waals surface area contributed by atoms with Crippen molar-refractivity contribution in [1.29, 1.82) is 0 Å². The lowest BCUT2D eigenvalue weighted by Crippen LogP contribution is -2.42. The highest BCUT2D eigenvalue weighted by Crippen LogP contribution is 2.11. The van der Waals surface area contributed by atoms with E-state index in [2.05, 4.69) is 10.3 Å². The molecule has 6 nitrogen and oxygen atoms in total. The molecule has 0 bridgehead atoms. The van der Waals surface area contributed by atoms with E-state index in [1.54, 1.807) is 32.3 Å². The standard InChI is InChI=1S/C13H20N2O4S/c1-13(2,3)19-12(17)15-9(8-18-4)7-10(16)11-14-5-6-20-11/h5-6,9H,7-8H2,1-4H3,(H,15,17). The van der Waals surface area contributed by atoms with Crippen molar-refractivity contribution >= 4 is 23.2 Å². The van der Waals surface area contributed by atoms with Gasteiger partial charge in [0.15, 0.2) is 10.8 Å². The highest BCUT2D eigenvalue weighted by atomic mass is 32.1. The summed E-state index contributed by atoms with van der Waals surface area (Å²) in [5.41, 5.74) is -0.582. The van der Waals surface area contributed by atoms with Crippen LogP contribution in [-0.4, -0.2) is 42.2 Å². The maximum absolute atomic E-state index is 12.0. The third-order valence-electron chi connectivity index (χ3n) is 2.19. The van der Waals surface area contributed by atoms with Crippen LogP contribution in [0.15, 0.2) is 11.6 Å². The number of ether oxygens (including phenoxy) is 2. The zero-order valence-electron chi connectivity index (χ0n) is 12.1. The van der Waals surface area contributed by atoms with E-state index in [4.69, 9.17) is 9.47 Å². The van der Waals surface area contributed by atoms with E-state index < -0.39 is 17.7 Å². The van der Waals surface area contributed by atoms with E-state index in [1.165, 1.54) is 18.4 Å². The monoisotopic (exact) mass is 300 g/mol. The van der Waals surface area contributed by atoms with Gasteiger partial charge < -0.3 is 14.8 Å². The Morgan fingerprint density at radius 3 is 2.65 bits per heavy atom. The van der Waals surface area contributed by atoms with Crippen LogP contribution in [-0.2, 0) is 9.47 Å². The second kappa shape index (κ2) is 7.35. The Hall–Kier alpha value is -1.47. The Bertz CT molecular complexity index is 440. The molecule has 0 saturated heterocycles. The minimum atomic E-state index is -0.582. The number of carbonyl (C=O) groups is 2. The Labute approximate surface area is 122 Å². The van der Waals surface area contributed by atoms with Crippen LogP contribution >= 0.6 is 11.3 Å². The van der Waals surface area contributed by atoms with Gasteiger partial charge in [0.05, 0.1) is 12.6 Å². The number of hydrogen-bond donors (Lipinski definition) is 1. The molecule has 1 aromatic heterocycles. The number of nitrogens with zero attached hydrogens (tertiary/aromatic N) is 1. The number of nitrogens with one attached hydrogen (secondary N) is 1. The first-order valence-corrected chi connectivity index (χ1v) is 7.11. The van der Waals surface area contributed by atoms with E-state index in [0.717, 1.165) is 0 Å². The fourth-order valence-corrected chi connectivity index (χ4v) is 2.09. The molecule has 1 aromatic rings. The maximum atomic E-state index is 12.0. The van der Waals surface area contributed by atoms with Gasteiger partial charge in [0.25, 0.3) is 0 Å². The van der Waals surface area contributed by atoms with Crippen LogP contribution in [0.2, 0.25) is 0 Å². The lowest BCUT2D eigenvalue weighted by Gasteiger charge is -2.23. The molecule has 0 aromatic carbocycles. The predicted molar refractivity (Wildman–Crippen MR) is 76.1 cm³/mol. The average Bonchev–Trinajstić information content (AvgIpc) is 2.79. The van der Waals surface area contributed by atoms with E-state index in [9.17, 15) is 9.59 Å². The first-order chi connectivity index (χ1) is 9.31. The summed E-state index contributed by atoms with van der Waals surface area (Å²) in [6.07, 6.45) is 1.14. The molecule has 20 heavy (non-hydrogen) atoms. The summed E-state index contributed by atoms with van der Waals surface area (Å²) in [6.45, 7) is 5.56. The fourth-order valence-electron chi connectivity index (χ4n) is 1.50. The van der Waals surface area contributed by atoms with Crippen molar-refractivity contribution in [1.82, 2.24) is 10.3 Å². The first kappa shape index (κ1) is 16.6. The number of thiazole rings is 1. The maximum Gasteiger partial charge on any atom is 0.407 e. The Morgan fingerprint density at radius 1 is 1.45 bits per heavy atom. The van der Waals surface area contributed by atoms with Crippen LogP contribution in [0.3, 0.4) is 0 Å². The quantitative estimate of drug-likeness (QED) is 0.815. The number of carbonyl (C=O) groups excluding carboxylic acids is 2. The number of ketones is 1. The molecule has 0 aliphatic heterocycles. The second-order valence-corrected chi connectivity index (χ2v) is 6.16. The molecule has 112 valence electrons. The van der Waals surface area contributed by atoms with Gasteiger partial charge >= 0.3 is 6.09 Å². The second-order valence-electron chi connectivity index (χ2n) is 5.26. The normalized spacial score (nSPS) is 12.8. The molecule has 1 amide bonds. The Balaban J connectivity index is 2.56. The summed E-state index contributed by atoms with van der Waals surface area (Å²) in [7, 11) is 1.51. The van der Waals surface area contributed by atoms with Gasteiger partial charge in [-0.3, -0.25) is 4.79 Å². The molecule has 0 spiro atoms. The summed E-state index contributed by atoms with van der Waals surface area (Å²) in [5.74, 6) is -0.127. The van der Waals surface area contributed by atoms with Crippen LogP contribution in [0.1, 0.15) is 37.0 Å². The van der Waals surface area contributed by atoms with Gasteiger partial charge in [-0.05, 0) is 20.8 Å². The molecule has 1 N–H and O–H groups in total. The van der Waals surface area contributed by atoms with E-state index in [1.807, 2.05) is 0 Å². The molecule has 7 heteroatoms. The number of alkyl carbamates (subject to hydrolysis) is 1. The molecule has 1 rings (SSSR count). The van der Waals surface area contributed by atoms with E-state index in [0.29, 0.717) is 5.01 Å². The third-order valence-corrected chi connectivity index (χ3v) is 3.01. The van der Waals surface area contributed by atoms with Crippen LogP contribution in [0, 0.1) is 0 Å². The summed E-state index contributed by atoms with van der Waals surface area (Å²) in [6, 6.07) is -0.439. The first-order valence-electron chi connectivity index (χ1n) is 6.23. The van der Waals surface area contributed by atoms with Gasteiger partial charge in [-0.2, -0.15) is 0 Å². The molecule has 1 unspecified atom stereocenters. The van der Waals surface area contributed by atoms with Gasteiger partial charge in [0, 0.05) is 25.1 Å². The smallest absolute Gasteiger partial charge is 0.407 e. The van der Waals surface area contributed by atoms with Crippen molar-refractivity contribution in [2.75, 3.05) is 13.7 Å². The summed E-state index contributed by atoms with van der Waals surface area (Å²) in [5, 5.41) is 4.80. The molecule has 1 heterocycles. The predicted octanol–water partition coefficient (Wildman–Crippen LogP) is 2.26. The van der Waals surface area contributed by atoms with Gasteiger partial charge in [-0.15, -0.1) is 11.3 Å². The zero-order valence-corrected chi connectivity index (χ0v) is 13.0. The van der Waals surface area contributed by atoms with E-state index >= 15 is 0 Å². The number of Topliss-reactive ketones (excluding diaryl/α,β-unsaturated/α-hetero) is 1. The zero-order chi connectivity index (χ0) is 15.2. The number of aromatic nitrogens is 1. The lowest BCUT2D eigenvalue weighted by atomic mass is 10.1. The van der Waals surface area contributed by atoms with Crippen LogP contribution in [0.5, 0.6) is 0 Å². The minimum absolute atomic E-state index is 0.126. The molecule has 0 fully saturated rings. The highest BCUT2D eigenvalue weighted by molar-refractivity contribution is 7.11. The number of methoxy groups -OCH3 is 1. The summed E-state index contributed by atoms with van der Waals surface area (Å²) < 4.78 is 10.2. The molecule has 0 aliphatic rings. The largest absolute Gasteiger partial charge is 0.444 e. The number of hydrogen-bond acceptors (Lipinski definition) is 6. The van der Waals surface area contributed by atoms with Crippen molar-refractivity contribution < 1.29 is 19.1 Å². The van der Waals surface area contributed by atoms with Crippen molar-refractivity contribution in [3.05, 3.63) is 16.6 Å². The minimum Gasteiger partial charge on any atom is -0.444 e. The SMILES string of the molecule is COCC(CC(=O)c1nccs1)NC(=O)OC(C)(C)C. The summed E-state index contributed by atoms with van der Waals surface area (Å²) >= 11 is 1.27. The highest BCUT2D eigenvalue weighted by Gasteiger charge is 2.22. The van der Waals surface area contributed by atoms with Crippen molar-refractivity contribution in [3.63, 3.8) is 0 Å². The van der Waals surface area contributed by atoms with Gasteiger partial charge in [-0.25, -0.2) is 9.78 Å². The van der Waals surface area contributed by atoms with Gasteiger partial charge in [0.1, 0.15) is 5.60 Å². The third kappa shape index (κ3) is 6.12. The molecule has 0 aliphatic carbocycles. The van der Waals surface area contributed by atoms with Gasteiger partial charge in [0.2, 0.25) is 0 Å². The van der Waals surface area contributed by atoms with Crippen molar-refractivity contribution in [3.8, 4) is 0 Å². The van der Waals surface area contributed by atoms with Crippen LogP contribution < -0.4 is 5.32 Å². The molecular weight excluding hydrogens is 280 g/mol. The number of rotatable bonds is 6. The van der Waals surface area contributed by atoms with E-state index in [-0.39, 0.29) is 18.8 Å². The molecule has 1 atom stereocenters.